The molecule has 2 heterocycles. The maximum Gasteiger partial charge on any atom is 0.246 e. The fourth-order valence-electron chi connectivity index (χ4n) is 10.2. The summed E-state index contributed by atoms with van der Waals surface area (Å²) in [6.07, 6.45) is 2.74. The van der Waals surface area contributed by atoms with Crippen LogP contribution in [0.2, 0.25) is 0 Å². The molecular formula is C56H82N14O12S2. The molecule has 26 nitrogen and oxygen atoms in total. The van der Waals surface area contributed by atoms with Gasteiger partial charge in [-0.05, 0) is 81.0 Å². The van der Waals surface area contributed by atoms with Gasteiger partial charge in [-0.3, -0.25) is 57.7 Å². The van der Waals surface area contributed by atoms with Crippen LogP contribution in [0.3, 0.4) is 0 Å². The van der Waals surface area contributed by atoms with Crippen LogP contribution in [-0.2, 0) is 65.6 Å². The molecule has 0 radical (unpaired) electrons. The maximum atomic E-state index is 15.1. The third kappa shape index (κ3) is 21.2. The van der Waals surface area contributed by atoms with Crippen molar-refractivity contribution < 1.29 is 57.5 Å². The first-order valence-electron chi connectivity index (χ1n) is 28.4. The minimum absolute atomic E-state index is 0.0107. The zero-order valence-electron chi connectivity index (χ0n) is 47.8. The summed E-state index contributed by atoms with van der Waals surface area (Å²) in [6, 6.07) is 5.02. The van der Waals surface area contributed by atoms with Crippen LogP contribution in [0.15, 0.2) is 59.6 Å². The molecule has 11 amide bonds. The van der Waals surface area contributed by atoms with Gasteiger partial charge in [0.1, 0.15) is 54.1 Å². The molecule has 3 unspecified atom stereocenters. The lowest BCUT2D eigenvalue weighted by atomic mass is 9.85. The number of hydrogen-bond acceptors (Lipinski definition) is 15. The number of primary amides is 3. The van der Waals surface area contributed by atoms with E-state index in [9.17, 15) is 47.9 Å². The highest BCUT2D eigenvalue weighted by molar-refractivity contribution is 8.77. The van der Waals surface area contributed by atoms with Gasteiger partial charge >= 0.3 is 0 Å². The molecule has 5 rings (SSSR count). The van der Waals surface area contributed by atoms with Crippen molar-refractivity contribution in [3.63, 3.8) is 0 Å². The van der Waals surface area contributed by atoms with E-state index in [2.05, 4.69) is 42.2 Å². The molecule has 2 aliphatic heterocycles. The monoisotopic (exact) mass is 1210 g/mol. The number of benzene rings is 2. The Morgan fingerprint density at radius 1 is 0.726 bits per heavy atom. The molecule has 17 N–H and O–H groups in total. The molecule has 2 aromatic rings. The van der Waals surface area contributed by atoms with Gasteiger partial charge in [0.15, 0.2) is 5.96 Å². The summed E-state index contributed by atoms with van der Waals surface area (Å²) in [5, 5.41) is 19.0. The number of nitrogens with zero attached hydrogens (tertiary/aromatic N) is 2. The predicted molar refractivity (Wildman–Crippen MR) is 316 cm³/mol. The van der Waals surface area contributed by atoms with Gasteiger partial charge in [0, 0.05) is 49.3 Å². The van der Waals surface area contributed by atoms with Crippen molar-refractivity contribution in [3.8, 4) is 5.75 Å². The van der Waals surface area contributed by atoms with Crippen molar-refractivity contribution in [1.29, 1.82) is 0 Å². The molecule has 1 saturated carbocycles. The molecule has 3 aliphatic rings. The second-order valence-corrected chi connectivity index (χ2v) is 24.4. The van der Waals surface area contributed by atoms with E-state index in [1.807, 2.05) is 6.92 Å². The van der Waals surface area contributed by atoms with E-state index in [1.165, 1.54) is 26.5 Å². The molecule has 8 atom stereocenters. The zero-order chi connectivity index (χ0) is 61.5. The Labute approximate surface area is 496 Å². The first-order valence-corrected chi connectivity index (χ1v) is 30.7. The summed E-state index contributed by atoms with van der Waals surface area (Å²) in [6.45, 7) is 5.68. The number of likely N-dealkylation sites (tertiary alicyclic amines) is 1. The first kappa shape index (κ1) is 67.2. The molecule has 3 fully saturated rings. The van der Waals surface area contributed by atoms with Crippen LogP contribution in [0, 0.1) is 5.92 Å². The molecule has 1 aliphatic carbocycles. The second-order valence-electron chi connectivity index (χ2n) is 21.6. The lowest BCUT2D eigenvalue weighted by Gasteiger charge is -2.37. The molecule has 1 spiro atoms. The topological polar surface area (TPSA) is 427 Å². The van der Waals surface area contributed by atoms with Gasteiger partial charge in [0.25, 0.3) is 0 Å². The maximum absolute atomic E-state index is 15.1. The van der Waals surface area contributed by atoms with Gasteiger partial charge in [0.2, 0.25) is 65.0 Å². The highest BCUT2D eigenvalue weighted by Gasteiger charge is 2.43. The highest BCUT2D eigenvalue weighted by Crippen LogP contribution is 2.48. The zero-order valence-corrected chi connectivity index (χ0v) is 49.5. The highest BCUT2D eigenvalue weighted by atomic mass is 33.1. The van der Waals surface area contributed by atoms with Crippen LogP contribution in [0.4, 0.5) is 0 Å². The van der Waals surface area contributed by atoms with Gasteiger partial charge in [-0.25, -0.2) is 0 Å². The van der Waals surface area contributed by atoms with Crippen molar-refractivity contribution in [2.75, 3.05) is 25.4 Å². The number of nitrogens with two attached hydrogens (primary N) is 5. The van der Waals surface area contributed by atoms with E-state index in [1.54, 1.807) is 68.4 Å². The normalized spacial score (nSPS) is 22.6. The van der Waals surface area contributed by atoms with Crippen molar-refractivity contribution in [2.45, 2.75) is 170 Å². The average molecular weight is 1210 g/mol. The third-order valence-corrected chi connectivity index (χ3v) is 17.9. The third-order valence-electron chi connectivity index (χ3n) is 14.6. The Morgan fingerprint density at radius 3 is 1.98 bits per heavy atom. The number of carbonyl (C=O) groups is 11. The predicted octanol–water partition coefficient (Wildman–Crippen LogP) is -0.921. The van der Waals surface area contributed by atoms with Gasteiger partial charge in [-0.1, -0.05) is 97.2 Å². The number of ether oxygens (including phenoxy) is 1. The summed E-state index contributed by atoms with van der Waals surface area (Å²) in [4.78, 5) is 158. The van der Waals surface area contributed by atoms with Crippen LogP contribution in [0.5, 0.6) is 5.75 Å². The van der Waals surface area contributed by atoms with Crippen molar-refractivity contribution in [3.05, 3.63) is 65.7 Å². The Morgan fingerprint density at radius 2 is 1.36 bits per heavy atom. The van der Waals surface area contributed by atoms with Gasteiger partial charge in [0.05, 0.1) is 13.0 Å². The molecule has 2 saturated heterocycles. The number of amides is 11. The van der Waals surface area contributed by atoms with E-state index >= 15 is 4.79 Å². The summed E-state index contributed by atoms with van der Waals surface area (Å²) >= 11 is 0. The summed E-state index contributed by atoms with van der Waals surface area (Å²) in [7, 11) is 2.53. The van der Waals surface area contributed by atoms with Gasteiger partial charge in [-0.15, -0.1) is 0 Å². The first-order chi connectivity index (χ1) is 40.0. The summed E-state index contributed by atoms with van der Waals surface area (Å²) in [5.41, 5.74) is 28.8. The average Bonchev–Trinajstić information content (AvgIpc) is 3.63. The minimum Gasteiger partial charge on any atom is -0.494 e. The SMILES string of the molecule is CCOc1ccc(CC2NC(=O)CC3(CCCCC3)SSCC(C(=O)N3CCC[C@H]3C(=O)N[C@@H](CCC(N)=O)C(=O)N[C@@H](CCCN=C(N)N)C(N)=O)NC(=O)[C@H](CC(N)=O)NC(=O)[C@H](C(C)C)NC(=O)C(Cc3ccccc3)NC2=O)cc1. The lowest BCUT2D eigenvalue weighted by molar-refractivity contribution is -0.142. The van der Waals surface area contributed by atoms with Crippen molar-refractivity contribution in [2.24, 2.45) is 39.6 Å². The summed E-state index contributed by atoms with van der Waals surface area (Å²) in [5.74, 6) is -9.28. The van der Waals surface area contributed by atoms with Crippen LogP contribution >= 0.6 is 21.6 Å². The number of nitrogens with one attached hydrogen (secondary N) is 7. The Bertz CT molecular complexity index is 2680. The van der Waals surface area contributed by atoms with E-state index < -0.39 is 130 Å². The molecule has 460 valence electrons. The molecule has 84 heavy (non-hydrogen) atoms. The number of carbonyl (C=O) groups excluding carboxylic acids is 11. The summed E-state index contributed by atoms with van der Waals surface area (Å²) < 4.78 is 4.89. The van der Waals surface area contributed by atoms with Gasteiger partial charge < -0.3 is 75.5 Å². The van der Waals surface area contributed by atoms with Crippen molar-refractivity contribution in [1.82, 2.24) is 42.1 Å². The standard InChI is InChI=1S/C56H82N14O12S2/c1-4-82-35-19-17-34(18-20-35)28-38-49(76)66-39(27-33-13-7-5-8-14-33)51(78)69-46(32(2)3)53(80)67-40(29-44(58)72)50(77)68-41(31-83-84-56(30-45(73)63-38)23-9-6-10-24-56)54(81)70-26-12-16-42(70)52(79)65-37(21-22-43(57)71)48(75)64-36(47(59)74)15-11-25-62-55(60)61/h5,7-8,13-14,17-20,32,36-42,46H,4,6,9-12,15-16,21-31H2,1-3H3,(H2,57,71)(H2,58,72)(H2,59,74)(H,63,73)(H,64,75)(H,65,79)(H,66,76)(H,67,80)(H,68,77)(H,69,78)(H4,60,61,62)/t36-,37-,38?,39?,40-,41?,42-,46-/m0/s1. The lowest BCUT2D eigenvalue weighted by Crippen LogP contribution is -2.62. The van der Waals surface area contributed by atoms with Crippen LogP contribution in [-0.4, -0.2) is 154 Å². The molecule has 2 aromatic carbocycles. The van der Waals surface area contributed by atoms with Crippen molar-refractivity contribution >= 4 is 92.5 Å². The van der Waals surface area contributed by atoms with Crippen LogP contribution < -0.4 is 70.6 Å². The van der Waals surface area contributed by atoms with Crippen LogP contribution in [0.1, 0.15) is 115 Å². The van der Waals surface area contributed by atoms with E-state index in [0.717, 1.165) is 19.3 Å². The fraction of sp³-hybridized carbons (Fsp3) is 0.571. The van der Waals surface area contributed by atoms with E-state index in [-0.39, 0.29) is 76.2 Å². The van der Waals surface area contributed by atoms with E-state index in [4.69, 9.17) is 33.4 Å². The molecular weight excluding hydrogens is 1120 g/mol. The Kier molecular flexibility index (Phi) is 26.4. The Hall–Kier alpha value is -7.62. The largest absolute Gasteiger partial charge is 0.494 e. The number of guanidine groups is 1. The number of rotatable bonds is 22. The fourth-order valence-corrected chi connectivity index (χ4v) is 13.6. The number of aliphatic imine (C=N–C) groups is 1. The molecule has 0 bridgehead atoms. The molecule has 28 heteroatoms. The Balaban J connectivity index is 1.51. The quantitative estimate of drug-likeness (QED) is 0.0294. The minimum atomic E-state index is -1.69. The van der Waals surface area contributed by atoms with E-state index in [0.29, 0.717) is 42.7 Å². The molecule has 0 aromatic heterocycles. The number of hydrogen-bond donors (Lipinski definition) is 12. The van der Waals surface area contributed by atoms with Crippen LogP contribution in [0.25, 0.3) is 0 Å². The second kappa shape index (κ2) is 33.0. The smallest absolute Gasteiger partial charge is 0.246 e. The van der Waals surface area contributed by atoms with Gasteiger partial charge in [-0.2, -0.15) is 0 Å².